The average Bonchev–Trinajstić information content (AvgIpc) is 2.63. The van der Waals surface area contributed by atoms with Gasteiger partial charge in [-0.25, -0.2) is 0 Å². The third-order valence-electron chi connectivity index (χ3n) is 4.55. The van der Waals surface area contributed by atoms with E-state index in [1.807, 2.05) is 0 Å². The molecule has 2 aliphatic heterocycles. The molecule has 2 atom stereocenters. The van der Waals surface area contributed by atoms with Crippen LogP contribution in [0.3, 0.4) is 0 Å². The Hall–Kier alpha value is -1.36. The van der Waals surface area contributed by atoms with Crippen molar-refractivity contribution < 1.29 is 13.5 Å². The molecule has 0 aromatic heterocycles. The number of hydrogen-bond acceptors (Lipinski definition) is 3. The number of anilines is 1. The highest BCUT2D eigenvalue weighted by molar-refractivity contribution is 5.47. The number of rotatable bonds is 4. The number of piperidine rings is 1. The second kappa shape index (κ2) is 5.56. The lowest BCUT2D eigenvalue weighted by atomic mass is 9.98. The molecule has 2 aliphatic rings. The zero-order valence-electron chi connectivity index (χ0n) is 11.6. The van der Waals surface area contributed by atoms with E-state index in [2.05, 4.69) is 22.0 Å². The fraction of sp³-hybridized carbons (Fsp3) is 0.600. The number of hydrogen-bond donors (Lipinski definition) is 1. The van der Waals surface area contributed by atoms with E-state index >= 15 is 0 Å². The Labute approximate surface area is 117 Å². The predicted molar refractivity (Wildman–Crippen MR) is 74.3 cm³/mol. The molecule has 2 unspecified atom stereocenters. The molecule has 0 saturated carbocycles. The number of nitrogens with one attached hydrogen (secondary N) is 1. The second-order valence-corrected chi connectivity index (χ2v) is 5.77. The van der Waals surface area contributed by atoms with Gasteiger partial charge in [-0.05, 0) is 57.0 Å². The summed E-state index contributed by atoms with van der Waals surface area (Å²) >= 11 is 0. The Morgan fingerprint density at radius 2 is 1.75 bits per heavy atom. The normalized spacial score (nSPS) is 29.7. The summed E-state index contributed by atoms with van der Waals surface area (Å²) in [5, 5.41) is 3.51. The number of nitrogens with zero attached hydrogens (tertiary/aromatic N) is 1. The van der Waals surface area contributed by atoms with Gasteiger partial charge in [0.15, 0.2) is 0 Å². The van der Waals surface area contributed by atoms with Crippen molar-refractivity contribution in [3.63, 3.8) is 0 Å². The zero-order valence-corrected chi connectivity index (χ0v) is 11.6. The Morgan fingerprint density at radius 1 is 1.15 bits per heavy atom. The van der Waals surface area contributed by atoms with Crippen LogP contribution >= 0.6 is 0 Å². The van der Waals surface area contributed by atoms with Crippen molar-refractivity contribution in [1.82, 2.24) is 4.90 Å². The fourth-order valence-electron chi connectivity index (χ4n) is 3.50. The van der Waals surface area contributed by atoms with E-state index in [0.29, 0.717) is 18.1 Å². The van der Waals surface area contributed by atoms with E-state index in [-0.39, 0.29) is 5.75 Å². The van der Waals surface area contributed by atoms with E-state index in [1.165, 1.54) is 12.8 Å². The zero-order chi connectivity index (χ0) is 14.1. The Balaban J connectivity index is 1.58. The quantitative estimate of drug-likeness (QED) is 0.916. The highest BCUT2D eigenvalue weighted by Crippen LogP contribution is 2.35. The van der Waals surface area contributed by atoms with Crippen LogP contribution in [-0.2, 0) is 0 Å². The molecule has 2 heterocycles. The van der Waals surface area contributed by atoms with Gasteiger partial charge in [0.05, 0.1) is 0 Å². The van der Waals surface area contributed by atoms with Crippen LogP contribution in [0.1, 0.15) is 25.7 Å². The molecule has 2 bridgehead atoms. The highest BCUT2D eigenvalue weighted by atomic mass is 19.3. The van der Waals surface area contributed by atoms with E-state index in [4.69, 9.17) is 0 Å². The van der Waals surface area contributed by atoms with E-state index < -0.39 is 6.61 Å². The largest absolute Gasteiger partial charge is 0.435 e. The van der Waals surface area contributed by atoms with Crippen LogP contribution in [0.25, 0.3) is 0 Å². The molecule has 0 radical (unpaired) electrons. The Morgan fingerprint density at radius 3 is 2.30 bits per heavy atom. The minimum absolute atomic E-state index is 0.203. The van der Waals surface area contributed by atoms with Crippen LogP contribution in [0.4, 0.5) is 14.5 Å². The molecule has 0 spiro atoms. The minimum Gasteiger partial charge on any atom is -0.435 e. The van der Waals surface area contributed by atoms with Gasteiger partial charge < -0.3 is 15.0 Å². The van der Waals surface area contributed by atoms with Crippen LogP contribution in [-0.4, -0.2) is 36.7 Å². The van der Waals surface area contributed by atoms with Gasteiger partial charge in [0.2, 0.25) is 0 Å². The van der Waals surface area contributed by atoms with Gasteiger partial charge in [0.1, 0.15) is 5.75 Å². The number of fused-ring (bicyclic) bond motifs is 2. The molecule has 0 aliphatic carbocycles. The first kappa shape index (κ1) is 13.6. The first-order valence-corrected chi connectivity index (χ1v) is 7.15. The van der Waals surface area contributed by atoms with Crippen LogP contribution in [0.2, 0.25) is 0 Å². The first-order chi connectivity index (χ1) is 9.61. The van der Waals surface area contributed by atoms with Crippen molar-refractivity contribution in [2.75, 3.05) is 12.4 Å². The lowest BCUT2D eigenvalue weighted by Crippen LogP contribution is -2.44. The molecule has 2 fully saturated rings. The molecule has 5 heteroatoms. The van der Waals surface area contributed by atoms with E-state index in [0.717, 1.165) is 18.5 Å². The molecule has 3 nitrogen and oxygen atoms in total. The summed E-state index contributed by atoms with van der Waals surface area (Å²) in [4.78, 5) is 2.50. The van der Waals surface area contributed by atoms with Crippen molar-refractivity contribution in [2.45, 2.75) is 50.4 Å². The van der Waals surface area contributed by atoms with Crippen molar-refractivity contribution in [3.8, 4) is 5.75 Å². The lowest BCUT2D eigenvalue weighted by Gasteiger charge is -2.37. The molecule has 1 aromatic rings. The molecule has 1 N–H and O–H groups in total. The maximum atomic E-state index is 12.1. The SMILES string of the molecule is CN1C2CCC1CC(Nc1ccc(OC(F)F)cc1)C2. The summed E-state index contributed by atoms with van der Waals surface area (Å²) in [6, 6.07) is 8.62. The van der Waals surface area contributed by atoms with Crippen molar-refractivity contribution in [1.29, 1.82) is 0 Å². The van der Waals surface area contributed by atoms with E-state index in [1.54, 1.807) is 24.3 Å². The van der Waals surface area contributed by atoms with E-state index in [9.17, 15) is 8.78 Å². The molecular formula is C15H20F2N2O. The average molecular weight is 282 g/mol. The molecule has 1 aromatic carbocycles. The summed E-state index contributed by atoms with van der Waals surface area (Å²) in [6.07, 6.45) is 4.89. The van der Waals surface area contributed by atoms with Gasteiger partial charge in [0, 0.05) is 23.8 Å². The molecule has 110 valence electrons. The summed E-state index contributed by atoms with van der Waals surface area (Å²) < 4.78 is 28.5. The summed E-state index contributed by atoms with van der Waals surface area (Å²) in [5.74, 6) is 0.203. The third-order valence-corrected chi connectivity index (χ3v) is 4.55. The summed E-state index contributed by atoms with van der Waals surface area (Å²) in [7, 11) is 2.22. The molecule has 3 rings (SSSR count). The fourth-order valence-corrected chi connectivity index (χ4v) is 3.50. The summed E-state index contributed by atoms with van der Waals surface area (Å²) in [5.41, 5.74) is 0.973. The maximum Gasteiger partial charge on any atom is 0.387 e. The Kier molecular flexibility index (Phi) is 3.78. The molecule has 2 saturated heterocycles. The monoisotopic (exact) mass is 282 g/mol. The van der Waals surface area contributed by atoms with Crippen molar-refractivity contribution in [2.24, 2.45) is 0 Å². The standard InChI is InChI=1S/C15H20F2N2O/c1-19-12-4-5-13(19)9-11(8-12)18-10-2-6-14(7-3-10)20-15(16)17/h2-3,6-7,11-13,15,18H,4-5,8-9H2,1H3. The van der Waals surface area contributed by atoms with Gasteiger partial charge in [-0.2, -0.15) is 8.78 Å². The van der Waals surface area contributed by atoms with Crippen LogP contribution in [0, 0.1) is 0 Å². The van der Waals surface area contributed by atoms with Gasteiger partial charge >= 0.3 is 6.61 Å². The molecule has 20 heavy (non-hydrogen) atoms. The van der Waals surface area contributed by atoms with Crippen LogP contribution in [0.5, 0.6) is 5.75 Å². The van der Waals surface area contributed by atoms with Crippen LogP contribution in [0.15, 0.2) is 24.3 Å². The van der Waals surface area contributed by atoms with Gasteiger partial charge in [-0.3, -0.25) is 0 Å². The number of alkyl halides is 2. The Bertz CT molecular complexity index is 438. The molecule has 0 amide bonds. The van der Waals surface area contributed by atoms with Gasteiger partial charge in [-0.1, -0.05) is 0 Å². The van der Waals surface area contributed by atoms with Gasteiger partial charge in [0.25, 0.3) is 0 Å². The maximum absolute atomic E-state index is 12.1. The van der Waals surface area contributed by atoms with Crippen molar-refractivity contribution in [3.05, 3.63) is 24.3 Å². The molecular weight excluding hydrogens is 262 g/mol. The lowest BCUT2D eigenvalue weighted by molar-refractivity contribution is -0.0498. The predicted octanol–water partition coefficient (Wildman–Crippen LogP) is 3.33. The number of ether oxygens (including phenoxy) is 1. The number of halogens is 2. The second-order valence-electron chi connectivity index (χ2n) is 5.77. The third kappa shape index (κ3) is 2.87. The van der Waals surface area contributed by atoms with Crippen molar-refractivity contribution >= 4 is 5.69 Å². The minimum atomic E-state index is -2.77. The topological polar surface area (TPSA) is 24.5 Å². The summed E-state index contributed by atoms with van der Waals surface area (Å²) in [6.45, 7) is -2.77. The smallest absolute Gasteiger partial charge is 0.387 e. The van der Waals surface area contributed by atoms with Gasteiger partial charge in [-0.15, -0.1) is 0 Å². The highest BCUT2D eigenvalue weighted by Gasteiger charge is 2.38. The van der Waals surface area contributed by atoms with Crippen LogP contribution < -0.4 is 10.1 Å². The first-order valence-electron chi connectivity index (χ1n) is 7.15. The number of benzene rings is 1.